The number of benzene rings is 2. The Hall–Kier alpha value is -1.96. The fourth-order valence-electron chi connectivity index (χ4n) is 2.25. The van der Waals surface area contributed by atoms with E-state index in [9.17, 15) is 4.79 Å². The Balaban J connectivity index is 1.59. The number of aryl methyl sites for hydroxylation is 1. The van der Waals surface area contributed by atoms with Crippen molar-refractivity contribution in [2.45, 2.75) is 17.8 Å². The van der Waals surface area contributed by atoms with Crippen LogP contribution in [-0.2, 0) is 11.3 Å². The molecule has 25 heavy (non-hydrogen) atoms. The topological polar surface area (TPSA) is 46.9 Å². The van der Waals surface area contributed by atoms with Crippen molar-refractivity contribution in [1.29, 1.82) is 0 Å². The van der Waals surface area contributed by atoms with Gasteiger partial charge in [-0.1, -0.05) is 71.6 Å². The Morgan fingerprint density at radius 3 is 2.68 bits per heavy atom. The van der Waals surface area contributed by atoms with Crippen LogP contribution in [0.25, 0.3) is 5.69 Å². The van der Waals surface area contributed by atoms with E-state index in [1.54, 1.807) is 4.68 Å². The lowest BCUT2D eigenvalue weighted by Crippen LogP contribution is -2.24. The number of aromatic nitrogens is 2. The molecule has 7 heteroatoms. The van der Waals surface area contributed by atoms with Crippen LogP contribution in [0.15, 0.2) is 58.9 Å². The van der Waals surface area contributed by atoms with Crippen LogP contribution in [0, 0.1) is 10.9 Å². The van der Waals surface area contributed by atoms with Gasteiger partial charge in [0.2, 0.25) is 5.91 Å². The second kappa shape index (κ2) is 8.42. The zero-order chi connectivity index (χ0) is 17.6. The van der Waals surface area contributed by atoms with Crippen molar-refractivity contribution in [3.8, 4) is 5.69 Å². The summed E-state index contributed by atoms with van der Waals surface area (Å²) in [7, 11) is 0. The van der Waals surface area contributed by atoms with Crippen molar-refractivity contribution in [3.05, 3.63) is 69.7 Å². The van der Waals surface area contributed by atoms with Gasteiger partial charge in [0.05, 0.1) is 11.4 Å². The van der Waals surface area contributed by atoms with Gasteiger partial charge < -0.3 is 5.32 Å². The van der Waals surface area contributed by atoms with Gasteiger partial charge in [0.25, 0.3) is 0 Å². The highest BCUT2D eigenvalue weighted by molar-refractivity contribution is 8.01. The van der Waals surface area contributed by atoms with Gasteiger partial charge in [-0.25, -0.2) is 4.68 Å². The molecule has 128 valence electrons. The minimum atomic E-state index is -0.0163. The van der Waals surface area contributed by atoms with E-state index in [1.807, 2.05) is 61.5 Å². The molecule has 2 aromatic carbocycles. The van der Waals surface area contributed by atoms with Crippen molar-refractivity contribution in [2.24, 2.45) is 0 Å². The van der Waals surface area contributed by atoms with E-state index in [4.69, 9.17) is 12.2 Å². The first-order valence-corrected chi connectivity index (χ1v) is 9.94. The highest BCUT2D eigenvalue weighted by Gasteiger charge is 2.10. The van der Waals surface area contributed by atoms with Crippen molar-refractivity contribution in [1.82, 2.24) is 15.1 Å². The molecule has 0 saturated heterocycles. The SMILES string of the molecule is Cc1ccccc1-n1nc(SCC(=O)NCc2ccccc2)sc1=S. The minimum Gasteiger partial charge on any atom is -0.351 e. The molecule has 3 aromatic rings. The molecule has 0 aliphatic carbocycles. The quantitative estimate of drug-likeness (QED) is 0.504. The van der Waals surface area contributed by atoms with Gasteiger partial charge in [0.1, 0.15) is 0 Å². The lowest BCUT2D eigenvalue weighted by molar-refractivity contribution is -0.118. The molecular formula is C18H17N3OS3. The smallest absolute Gasteiger partial charge is 0.230 e. The number of thioether (sulfide) groups is 1. The number of hydrogen-bond acceptors (Lipinski definition) is 5. The normalized spacial score (nSPS) is 10.6. The molecule has 1 amide bonds. The Labute approximate surface area is 159 Å². The average Bonchev–Trinajstić information content (AvgIpc) is 3.00. The van der Waals surface area contributed by atoms with Gasteiger partial charge >= 0.3 is 0 Å². The van der Waals surface area contributed by atoms with Crippen LogP contribution in [0.5, 0.6) is 0 Å². The maximum absolute atomic E-state index is 12.0. The lowest BCUT2D eigenvalue weighted by Gasteiger charge is -2.05. The predicted octanol–water partition coefficient (Wildman–Crippen LogP) is 4.38. The summed E-state index contributed by atoms with van der Waals surface area (Å²) in [6, 6.07) is 17.8. The number of carbonyl (C=O) groups is 1. The molecular weight excluding hydrogens is 370 g/mol. The summed E-state index contributed by atoms with van der Waals surface area (Å²) >= 11 is 8.25. The van der Waals surface area contributed by atoms with E-state index < -0.39 is 0 Å². The molecule has 0 unspecified atom stereocenters. The summed E-state index contributed by atoms with van der Waals surface area (Å²) in [6.07, 6.45) is 0. The number of amides is 1. The number of nitrogens with zero attached hydrogens (tertiary/aromatic N) is 2. The van der Waals surface area contributed by atoms with Gasteiger partial charge in [-0.05, 0) is 36.3 Å². The van der Waals surface area contributed by atoms with E-state index in [1.165, 1.54) is 23.1 Å². The average molecular weight is 388 g/mol. The maximum Gasteiger partial charge on any atom is 0.230 e. The standard InChI is InChI=1S/C18H17N3OS3/c1-13-7-5-6-10-15(13)21-18(23)25-17(20-21)24-12-16(22)19-11-14-8-3-2-4-9-14/h2-10H,11-12H2,1H3,(H,19,22). The highest BCUT2D eigenvalue weighted by Crippen LogP contribution is 2.25. The third-order valence-corrected chi connectivity index (χ3v) is 5.90. The minimum absolute atomic E-state index is 0.0163. The summed E-state index contributed by atoms with van der Waals surface area (Å²) in [5.74, 6) is 0.306. The van der Waals surface area contributed by atoms with Gasteiger partial charge in [-0.3, -0.25) is 4.79 Å². The van der Waals surface area contributed by atoms with E-state index >= 15 is 0 Å². The second-order valence-electron chi connectivity index (χ2n) is 5.38. The zero-order valence-corrected chi connectivity index (χ0v) is 16.1. The Kier molecular flexibility index (Phi) is 6.01. The molecule has 0 aliphatic heterocycles. The molecule has 0 bridgehead atoms. The van der Waals surface area contributed by atoms with Gasteiger partial charge in [0, 0.05) is 6.54 Å². The summed E-state index contributed by atoms with van der Waals surface area (Å²) in [5.41, 5.74) is 3.17. The largest absolute Gasteiger partial charge is 0.351 e. The van der Waals surface area contributed by atoms with Crippen molar-refractivity contribution >= 4 is 41.2 Å². The van der Waals surface area contributed by atoms with Crippen molar-refractivity contribution < 1.29 is 4.79 Å². The van der Waals surface area contributed by atoms with Crippen LogP contribution in [0.2, 0.25) is 0 Å². The van der Waals surface area contributed by atoms with Crippen LogP contribution in [0.3, 0.4) is 0 Å². The molecule has 0 radical (unpaired) electrons. The molecule has 1 aromatic heterocycles. The molecule has 0 aliphatic rings. The molecule has 1 N–H and O–H groups in total. The lowest BCUT2D eigenvalue weighted by atomic mass is 10.2. The molecule has 0 spiro atoms. The van der Waals surface area contributed by atoms with Gasteiger partial charge in [0.15, 0.2) is 8.29 Å². The fourth-order valence-corrected chi connectivity index (χ4v) is 4.42. The van der Waals surface area contributed by atoms with Crippen LogP contribution in [0.4, 0.5) is 0 Å². The molecule has 3 rings (SSSR count). The summed E-state index contributed by atoms with van der Waals surface area (Å²) < 4.78 is 3.24. The number of nitrogens with one attached hydrogen (secondary N) is 1. The van der Waals surface area contributed by atoms with E-state index in [2.05, 4.69) is 10.4 Å². The first kappa shape index (κ1) is 17.8. The van der Waals surface area contributed by atoms with Crippen LogP contribution in [-0.4, -0.2) is 21.4 Å². The number of carbonyl (C=O) groups excluding carboxylic acids is 1. The van der Waals surface area contributed by atoms with Gasteiger partial charge in [-0.15, -0.1) is 5.10 Å². The number of hydrogen-bond donors (Lipinski definition) is 1. The second-order valence-corrected chi connectivity index (χ2v) is 8.23. The third kappa shape index (κ3) is 4.78. The Morgan fingerprint density at radius 2 is 1.92 bits per heavy atom. The summed E-state index contributed by atoms with van der Waals surface area (Å²) in [4.78, 5) is 12.0. The molecule has 0 atom stereocenters. The zero-order valence-electron chi connectivity index (χ0n) is 13.6. The van der Waals surface area contributed by atoms with Crippen LogP contribution in [0.1, 0.15) is 11.1 Å². The molecule has 0 fully saturated rings. The van der Waals surface area contributed by atoms with Crippen LogP contribution < -0.4 is 5.32 Å². The van der Waals surface area contributed by atoms with E-state index in [0.29, 0.717) is 16.3 Å². The maximum atomic E-state index is 12.0. The molecule has 0 saturated carbocycles. The van der Waals surface area contributed by atoms with E-state index in [0.717, 1.165) is 21.2 Å². The third-order valence-electron chi connectivity index (χ3n) is 3.53. The molecule has 1 heterocycles. The Bertz CT molecular complexity index is 919. The summed E-state index contributed by atoms with van der Waals surface area (Å²) in [5, 5.41) is 7.46. The highest BCUT2D eigenvalue weighted by atomic mass is 32.2. The Morgan fingerprint density at radius 1 is 1.20 bits per heavy atom. The van der Waals surface area contributed by atoms with Gasteiger partial charge in [-0.2, -0.15) is 0 Å². The van der Waals surface area contributed by atoms with Crippen molar-refractivity contribution in [2.75, 3.05) is 5.75 Å². The number of para-hydroxylation sites is 1. The first-order valence-electron chi connectivity index (χ1n) is 7.73. The fraction of sp³-hybridized carbons (Fsp3) is 0.167. The molecule has 4 nitrogen and oxygen atoms in total. The van der Waals surface area contributed by atoms with Crippen molar-refractivity contribution in [3.63, 3.8) is 0 Å². The number of rotatable bonds is 6. The monoisotopic (exact) mass is 387 g/mol. The first-order chi connectivity index (χ1) is 12.1. The van der Waals surface area contributed by atoms with E-state index in [-0.39, 0.29) is 5.91 Å². The summed E-state index contributed by atoms with van der Waals surface area (Å²) in [6.45, 7) is 2.56. The van der Waals surface area contributed by atoms with Crippen LogP contribution >= 0.6 is 35.3 Å². The predicted molar refractivity (Wildman–Crippen MR) is 106 cm³/mol.